The normalized spacial score (nSPS) is 17.0. The highest BCUT2D eigenvalue weighted by molar-refractivity contribution is 5.95. The number of hydrogen-bond acceptors (Lipinski definition) is 6. The van der Waals surface area contributed by atoms with Crippen LogP contribution in [0.4, 0.5) is 0 Å². The minimum absolute atomic E-state index is 0.0283. The Balaban J connectivity index is 1.54. The molecule has 1 amide bonds. The molecular weight excluding hydrogens is 346 g/mol. The molecule has 0 saturated heterocycles. The lowest BCUT2D eigenvalue weighted by Crippen LogP contribution is -2.27. The Hall–Kier alpha value is -3.00. The zero-order valence-electron chi connectivity index (χ0n) is 15.4. The van der Waals surface area contributed by atoms with Crippen molar-refractivity contribution in [1.82, 2.24) is 25.2 Å². The standard InChI is InChI=1S/C19H21N5O3/c1-10-15(9-24(3)22-10)18(26)20-16-7-5-12-8-13(4-6-14(12)16)17-21-19(11(2)25)27-23-17/h4,6,8-9,11,16,25H,5,7H2,1-3H3,(H,20,26)/t11-,16?/m0/s1. The van der Waals surface area contributed by atoms with Gasteiger partial charge in [-0.15, -0.1) is 0 Å². The summed E-state index contributed by atoms with van der Waals surface area (Å²) in [6.45, 7) is 3.41. The molecule has 8 heteroatoms. The Morgan fingerprint density at radius 2 is 2.26 bits per heavy atom. The van der Waals surface area contributed by atoms with Gasteiger partial charge in [0.05, 0.1) is 17.3 Å². The maximum absolute atomic E-state index is 12.6. The Bertz CT molecular complexity index is 1000. The second kappa shape index (κ2) is 6.62. The van der Waals surface area contributed by atoms with Crippen molar-refractivity contribution in [2.45, 2.75) is 38.8 Å². The molecule has 140 valence electrons. The van der Waals surface area contributed by atoms with Crippen LogP contribution >= 0.6 is 0 Å². The lowest BCUT2D eigenvalue weighted by Gasteiger charge is -2.14. The number of carbonyl (C=O) groups excluding carboxylic acids is 1. The monoisotopic (exact) mass is 367 g/mol. The Morgan fingerprint density at radius 3 is 2.93 bits per heavy atom. The van der Waals surface area contributed by atoms with Crippen LogP contribution in [0, 0.1) is 6.92 Å². The lowest BCUT2D eigenvalue weighted by molar-refractivity contribution is 0.0936. The number of hydrogen-bond donors (Lipinski definition) is 2. The van der Waals surface area contributed by atoms with E-state index >= 15 is 0 Å². The van der Waals surface area contributed by atoms with Crippen molar-refractivity contribution in [2.75, 3.05) is 0 Å². The maximum Gasteiger partial charge on any atom is 0.255 e. The van der Waals surface area contributed by atoms with Gasteiger partial charge in [0.15, 0.2) is 0 Å². The Kier molecular flexibility index (Phi) is 4.27. The predicted molar refractivity (Wildman–Crippen MR) is 96.8 cm³/mol. The number of aromatic nitrogens is 4. The Labute approximate surface area is 156 Å². The van der Waals surface area contributed by atoms with Crippen LogP contribution in [0.5, 0.6) is 0 Å². The number of amides is 1. The first-order valence-corrected chi connectivity index (χ1v) is 8.88. The van der Waals surface area contributed by atoms with Crippen molar-refractivity contribution in [3.05, 3.63) is 52.7 Å². The molecule has 1 unspecified atom stereocenters. The number of carbonyl (C=O) groups is 1. The SMILES string of the molecule is Cc1nn(C)cc1C(=O)NC1CCc2cc(-c3noc([C@H](C)O)n3)ccc21. The molecule has 1 aromatic carbocycles. The quantitative estimate of drug-likeness (QED) is 0.733. The van der Waals surface area contributed by atoms with Crippen molar-refractivity contribution in [3.8, 4) is 11.4 Å². The molecule has 0 radical (unpaired) electrons. The molecule has 2 N–H and O–H groups in total. The first-order chi connectivity index (χ1) is 12.9. The van der Waals surface area contributed by atoms with Crippen LogP contribution in [0.1, 0.15) is 58.6 Å². The molecule has 1 aliphatic rings. The van der Waals surface area contributed by atoms with E-state index in [9.17, 15) is 9.90 Å². The highest BCUT2D eigenvalue weighted by Gasteiger charge is 2.26. The van der Waals surface area contributed by atoms with Gasteiger partial charge >= 0.3 is 0 Å². The topological polar surface area (TPSA) is 106 Å². The molecule has 3 aromatic rings. The molecule has 4 rings (SSSR count). The first kappa shape index (κ1) is 17.4. The van der Waals surface area contributed by atoms with Gasteiger partial charge < -0.3 is 14.9 Å². The summed E-state index contributed by atoms with van der Waals surface area (Å²) in [7, 11) is 1.80. The molecule has 2 heterocycles. The summed E-state index contributed by atoms with van der Waals surface area (Å²) in [6, 6.07) is 5.90. The average molecular weight is 367 g/mol. The third-order valence-corrected chi connectivity index (χ3v) is 4.84. The largest absolute Gasteiger partial charge is 0.384 e. The van der Waals surface area contributed by atoms with Crippen molar-refractivity contribution in [3.63, 3.8) is 0 Å². The van der Waals surface area contributed by atoms with E-state index in [1.54, 1.807) is 24.9 Å². The molecule has 0 spiro atoms. The van der Waals surface area contributed by atoms with E-state index in [4.69, 9.17) is 4.52 Å². The molecule has 0 fully saturated rings. The lowest BCUT2D eigenvalue weighted by atomic mass is 10.0. The second-order valence-electron chi connectivity index (χ2n) is 6.91. The molecule has 0 aliphatic heterocycles. The van der Waals surface area contributed by atoms with Crippen LogP contribution in [0.2, 0.25) is 0 Å². The molecule has 2 aromatic heterocycles. The number of aliphatic hydroxyl groups excluding tert-OH is 1. The van der Waals surface area contributed by atoms with E-state index in [1.165, 1.54) is 0 Å². The van der Waals surface area contributed by atoms with Gasteiger partial charge in [0.25, 0.3) is 11.8 Å². The number of nitrogens with zero attached hydrogens (tertiary/aromatic N) is 4. The summed E-state index contributed by atoms with van der Waals surface area (Å²) in [5.41, 5.74) is 4.41. The third-order valence-electron chi connectivity index (χ3n) is 4.84. The summed E-state index contributed by atoms with van der Waals surface area (Å²) in [5, 5.41) is 20.8. The minimum Gasteiger partial charge on any atom is -0.384 e. The fourth-order valence-electron chi connectivity index (χ4n) is 3.49. The van der Waals surface area contributed by atoms with Gasteiger partial charge in [0, 0.05) is 18.8 Å². The Morgan fingerprint density at radius 1 is 1.44 bits per heavy atom. The summed E-state index contributed by atoms with van der Waals surface area (Å²) < 4.78 is 6.70. The van der Waals surface area contributed by atoms with Crippen LogP contribution in [-0.4, -0.2) is 30.9 Å². The predicted octanol–water partition coefficient (Wildman–Crippen LogP) is 2.25. The van der Waals surface area contributed by atoms with E-state index in [-0.39, 0.29) is 17.8 Å². The smallest absolute Gasteiger partial charge is 0.255 e. The first-order valence-electron chi connectivity index (χ1n) is 8.88. The highest BCUT2D eigenvalue weighted by atomic mass is 16.5. The van der Waals surface area contributed by atoms with Crippen molar-refractivity contribution in [1.29, 1.82) is 0 Å². The van der Waals surface area contributed by atoms with Crippen LogP contribution < -0.4 is 5.32 Å². The molecule has 0 saturated carbocycles. The van der Waals surface area contributed by atoms with Gasteiger partial charge in [-0.2, -0.15) is 10.1 Å². The van der Waals surface area contributed by atoms with Crippen molar-refractivity contribution >= 4 is 5.91 Å². The van der Waals surface area contributed by atoms with E-state index in [0.29, 0.717) is 11.4 Å². The van der Waals surface area contributed by atoms with E-state index in [2.05, 4.69) is 20.6 Å². The number of aryl methyl sites for hydroxylation is 3. The zero-order chi connectivity index (χ0) is 19.1. The van der Waals surface area contributed by atoms with Crippen LogP contribution in [0.25, 0.3) is 11.4 Å². The van der Waals surface area contributed by atoms with Gasteiger partial charge in [-0.1, -0.05) is 17.3 Å². The molecule has 8 nitrogen and oxygen atoms in total. The van der Waals surface area contributed by atoms with Gasteiger partial charge in [0.1, 0.15) is 6.10 Å². The minimum atomic E-state index is -0.795. The van der Waals surface area contributed by atoms with Gasteiger partial charge in [-0.05, 0) is 43.9 Å². The summed E-state index contributed by atoms with van der Waals surface area (Å²) in [6.07, 6.45) is 2.65. The number of aliphatic hydroxyl groups is 1. The fourth-order valence-corrected chi connectivity index (χ4v) is 3.49. The van der Waals surface area contributed by atoms with Crippen LogP contribution in [0.3, 0.4) is 0 Å². The van der Waals surface area contributed by atoms with E-state index in [1.807, 2.05) is 25.1 Å². The highest BCUT2D eigenvalue weighted by Crippen LogP contribution is 2.34. The van der Waals surface area contributed by atoms with Crippen molar-refractivity contribution in [2.24, 2.45) is 7.05 Å². The third kappa shape index (κ3) is 3.23. The number of fused-ring (bicyclic) bond motifs is 1. The number of nitrogens with one attached hydrogen (secondary N) is 1. The summed E-state index contributed by atoms with van der Waals surface area (Å²) in [5.74, 6) is 0.539. The van der Waals surface area contributed by atoms with E-state index in [0.717, 1.165) is 35.2 Å². The van der Waals surface area contributed by atoms with Crippen molar-refractivity contribution < 1.29 is 14.4 Å². The van der Waals surface area contributed by atoms with Gasteiger partial charge in [-0.25, -0.2) is 0 Å². The van der Waals surface area contributed by atoms with E-state index < -0.39 is 6.10 Å². The molecule has 0 bridgehead atoms. The summed E-state index contributed by atoms with van der Waals surface area (Å²) >= 11 is 0. The number of benzene rings is 1. The zero-order valence-corrected chi connectivity index (χ0v) is 15.4. The molecule has 1 aliphatic carbocycles. The summed E-state index contributed by atoms with van der Waals surface area (Å²) in [4.78, 5) is 16.8. The van der Waals surface area contributed by atoms with Gasteiger partial charge in [0.2, 0.25) is 5.82 Å². The molecule has 2 atom stereocenters. The second-order valence-corrected chi connectivity index (χ2v) is 6.91. The fraction of sp³-hybridized carbons (Fsp3) is 0.368. The van der Waals surface area contributed by atoms with Gasteiger partial charge in [-0.3, -0.25) is 9.48 Å². The number of rotatable bonds is 4. The van der Waals surface area contributed by atoms with Crippen LogP contribution in [-0.2, 0) is 13.5 Å². The molecular formula is C19H21N5O3. The maximum atomic E-state index is 12.6. The average Bonchev–Trinajstić information content (AvgIpc) is 3.33. The van der Waals surface area contributed by atoms with Crippen LogP contribution in [0.15, 0.2) is 28.9 Å². The molecule has 27 heavy (non-hydrogen) atoms.